The molecule has 0 bridgehead atoms. The Balaban J connectivity index is 1.69. The van der Waals surface area contributed by atoms with E-state index in [1.54, 1.807) is 14.2 Å². The molecule has 1 saturated carbocycles. The lowest BCUT2D eigenvalue weighted by atomic mass is 10.1. The van der Waals surface area contributed by atoms with Gasteiger partial charge >= 0.3 is 0 Å². The van der Waals surface area contributed by atoms with E-state index in [2.05, 4.69) is 28.3 Å². The zero-order chi connectivity index (χ0) is 18.8. The van der Waals surface area contributed by atoms with Crippen LogP contribution >= 0.6 is 0 Å². The molecule has 0 aromatic heterocycles. The monoisotopic (exact) mass is 363 g/mol. The van der Waals surface area contributed by atoms with Crippen molar-refractivity contribution in [2.24, 2.45) is 10.9 Å². The SMILES string of the molecule is CN=C(NCCCOCC1CC1)N(C)CCc1ccc(OC)c(OC)c1. The van der Waals surface area contributed by atoms with E-state index in [-0.39, 0.29) is 0 Å². The van der Waals surface area contributed by atoms with Crippen LogP contribution in [0.1, 0.15) is 24.8 Å². The second-order valence-electron chi connectivity index (χ2n) is 6.71. The van der Waals surface area contributed by atoms with E-state index in [9.17, 15) is 0 Å². The van der Waals surface area contributed by atoms with Crippen molar-refractivity contribution in [1.29, 1.82) is 0 Å². The summed E-state index contributed by atoms with van der Waals surface area (Å²) < 4.78 is 16.3. The molecule has 1 fully saturated rings. The molecular formula is C20H33N3O3. The van der Waals surface area contributed by atoms with Gasteiger partial charge in [-0.3, -0.25) is 4.99 Å². The Morgan fingerprint density at radius 3 is 2.65 bits per heavy atom. The number of nitrogens with zero attached hydrogens (tertiary/aromatic N) is 2. The van der Waals surface area contributed by atoms with E-state index in [0.29, 0.717) is 0 Å². The van der Waals surface area contributed by atoms with Crippen molar-refractivity contribution in [3.63, 3.8) is 0 Å². The van der Waals surface area contributed by atoms with Crippen molar-refractivity contribution in [3.05, 3.63) is 23.8 Å². The number of nitrogens with one attached hydrogen (secondary N) is 1. The van der Waals surface area contributed by atoms with Gasteiger partial charge in [0.1, 0.15) is 0 Å². The summed E-state index contributed by atoms with van der Waals surface area (Å²) in [6.45, 7) is 3.49. The normalized spacial score (nSPS) is 14.2. The van der Waals surface area contributed by atoms with Crippen molar-refractivity contribution in [2.45, 2.75) is 25.7 Å². The van der Waals surface area contributed by atoms with Crippen LogP contribution < -0.4 is 14.8 Å². The fraction of sp³-hybridized carbons (Fsp3) is 0.650. The molecule has 6 heteroatoms. The number of aliphatic imine (C=N–C) groups is 1. The van der Waals surface area contributed by atoms with E-state index >= 15 is 0 Å². The summed E-state index contributed by atoms with van der Waals surface area (Å²) in [4.78, 5) is 6.50. The Labute approximate surface area is 157 Å². The highest BCUT2D eigenvalue weighted by Crippen LogP contribution is 2.29. The molecule has 2 rings (SSSR count). The summed E-state index contributed by atoms with van der Waals surface area (Å²) in [5.74, 6) is 3.26. The average Bonchev–Trinajstić information content (AvgIpc) is 3.49. The Morgan fingerprint density at radius 1 is 1.23 bits per heavy atom. The Hall–Kier alpha value is -1.95. The summed E-state index contributed by atoms with van der Waals surface area (Å²) in [6.07, 6.45) is 4.59. The van der Waals surface area contributed by atoms with Gasteiger partial charge in [0.05, 0.1) is 14.2 Å². The summed E-state index contributed by atoms with van der Waals surface area (Å²) in [7, 11) is 7.18. The van der Waals surface area contributed by atoms with Crippen LogP contribution in [-0.2, 0) is 11.2 Å². The second-order valence-corrected chi connectivity index (χ2v) is 6.71. The van der Waals surface area contributed by atoms with Gasteiger partial charge in [-0.15, -0.1) is 0 Å². The molecule has 0 heterocycles. The molecule has 6 nitrogen and oxygen atoms in total. The molecule has 1 aromatic rings. The molecule has 0 aliphatic heterocycles. The molecule has 1 aromatic carbocycles. The summed E-state index contributed by atoms with van der Waals surface area (Å²) in [5, 5.41) is 3.40. The minimum absolute atomic E-state index is 0.756. The first-order valence-electron chi connectivity index (χ1n) is 9.38. The fourth-order valence-corrected chi connectivity index (χ4v) is 2.73. The minimum atomic E-state index is 0.756. The highest BCUT2D eigenvalue weighted by atomic mass is 16.5. The molecule has 0 spiro atoms. The van der Waals surface area contributed by atoms with Crippen LogP contribution in [0.4, 0.5) is 0 Å². The van der Waals surface area contributed by atoms with Crippen LogP contribution in [0.5, 0.6) is 11.5 Å². The van der Waals surface area contributed by atoms with Gasteiger partial charge in [0.2, 0.25) is 0 Å². The molecule has 0 unspecified atom stereocenters. The molecule has 0 saturated heterocycles. The number of hydrogen-bond acceptors (Lipinski definition) is 4. The van der Waals surface area contributed by atoms with Crippen LogP contribution in [-0.4, -0.2) is 65.5 Å². The number of benzene rings is 1. The molecule has 1 N–H and O–H groups in total. The van der Waals surface area contributed by atoms with Gasteiger partial charge in [0.15, 0.2) is 17.5 Å². The molecule has 0 amide bonds. The fourth-order valence-electron chi connectivity index (χ4n) is 2.73. The smallest absolute Gasteiger partial charge is 0.193 e. The first-order chi connectivity index (χ1) is 12.7. The first-order valence-corrected chi connectivity index (χ1v) is 9.38. The highest BCUT2D eigenvalue weighted by molar-refractivity contribution is 5.79. The summed E-state index contributed by atoms with van der Waals surface area (Å²) in [5.41, 5.74) is 1.21. The third-order valence-corrected chi connectivity index (χ3v) is 4.56. The van der Waals surface area contributed by atoms with Crippen molar-refractivity contribution < 1.29 is 14.2 Å². The zero-order valence-electron chi connectivity index (χ0n) is 16.6. The lowest BCUT2D eigenvalue weighted by Gasteiger charge is -2.22. The van der Waals surface area contributed by atoms with E-state index in [4.69, 9.17) is 14.2 Å². The number of ether oxygens (including phenoxy) is 3. The summed E-state index contributed by atoms with van der Waals surface area (Å²) >= 11 is 0. The zero-order valence-corrected chi connectivity index (χ0v) is 16.6. The summed E-state index contributed by atoms with van der Waals surface area (Å²) in [6, 6.07) is 6.05. The second kappa shape index (κ2) is 10.9. The van der Waals surface area contributed by atoms with Crippen molar-refractivity contribution in [2.75, 3.05) is 54.6 Å². The molecule has 0 radical (unpaired) electrons. The average molecular weight is 364 g/mol. The topological polar surface area (TPSA) is 55.3 Å². The molecule has 1 aliphatic carbocycles. The number of guanidine groups is 1. The van der Waals surface area contributed by atoms with Gasteiger partial charge in [-0.2, -0.15) is 0 Å². The number of rotatable bonds is 11. The van der Waals surface area contributed by atoms with Crippen molar-refractivity contribution in [1.82, 2.24) is 10.2 Å². The van der Waals surface area contributed by atoms with Crippen LogP contribution in [0.2, 0.25) is 0 Å². The standard InChI is InChI=1S/C20H33N3O3/c1-21-20(22-11-5-13-26-15-17-6-7-17)23(2)12-10-16-8-9-18(24-3)19(14-16)25-4/h8-9,14,17H,5-7,10-13,15H2,1-4H3,(H,21,22). The van der Waals surface area contributed by atoms with Gasteiger partial charge in [0.25, 0.3) is 0 Å². The van der Waals surface area contributed by atoms with E-state index in [1.807, 2.05) is 19.2 Å². The van der Waals surface area contributed by atoms with Gasteiger partial charge in [0, 0.05) is 40.4 Å². The lowest BCUT2D eigenvalue weighted by Crippen LogP contribution is -2.40. The highest BCUT2D eigenvalue weighted by Gasteiger charge is 2.20. The van der Waals surface area contributed by atoms with E-state index in [0.717, 1.165) is 62.5 Å². The quantitative estimate of drug-likeness (QED) is 0.372. The molecule has 1 aliphatic rings. The van der Waals surface area contributed by atoms with Crippen molar-refractivity contribution in [3.8, 4) is 11.5 Å². The predicted molar refractivity (Wildman–Crippen MR) is 105 cm³/mol. The van der Waals surface area contributed by atoms with E-state index < -0.39 is 0 Å². The Bertz CT molecular complexity index is 573. The maximum absolute atomic E-state index is 5.66. The van der Waals surface area contributed by atoms with E-state index in [1.165, 1.54) is 18.4 Å². The molecule has 0 atom stereocenters. The van der Waals surface area contributed by atoms with Gasteiger partial charge in [-0.25, -0.2) is 0 Å². The van der Waals surface area contributed by atoms with Crippen LogP contribution in [0, 0.1) is 5.92 Å². The number of methoxy groups -OCH3 is 2. The molecule has 146 valence electrons. The maximum Gasteiger partial charge on any atom is 0.193 e. The van der Waals surface area contributed by atoms with Crippen molar-refractivity contribution >= 4 is 5.96 Å². The van der Waals surface area contributed by atoms with Gasteiger partial charge in [-0.1, -0.05) is 6.07 Å². The third kappa shape index (κ3) is 6.75. The predicted octanol–water partition coefficient (Wildman–Crippen LogP) is 2.57. The largest absolute Gasteiger partial charge is 0.493 e. The first kappa shape index (κ1) is 20.4. The number of likely N-dealkylation sites (N-methyl/N-ethyl adjacent to an activating group) is 1. The maximum atomic E-state index is 5.66. The van der Waals surface area contributed by atoms with Gasteiger partial charge in [-0.05, 0) is 49.3 Å². The lowest BCUT2D eigenvalue weighted by molar-refractivity contribution is 0.122. The molecule has 26 heavy (non-hydrogen) atoms. The number of hydrogen-bond donors (Lipinski definition) is 1. The minimum Gasteiger partial charge on any atom is -0.493 e. The van der Waals surface area contributed by atoms with Gasteiger partial charge < -0.3 is 24.4 Å². The Morgan fingerprint density at radius 2 is 2.00 bits per heavy atom. The Kier molecular flexibility index (Phi) is 8.54. The van der Waals surface area contributed by atoms with Crippen LogP contribution in [0.15, 0.2) is 23.2 Å². The third-order valence-electron chi connectivity index (χ3n) is 4.56. The molecular weight excluding hydrogens is 330 g/mol. The van der Waals surface area contributed by atoms with Crippen LogP contribution in [0.25, 0.3) is 0 Å². The van der Waals surface area contributed by atoms with Crippen LogP contribution in [0.3, 0.4) is 0 Å².